The molecule has 1 aliphatic heterocycles. The third-order valence-electron chi connectivity index (χ3n) is 5.66. The molecule has 135 valence electrons. The van der Waals surface area contributed by atoms with Gasteiger partial charge < -0.3 is 10.9 Å². The zero-order valence-electron chi connectivity index (χ0n) is 15.3. The second kappa shape index (κ2) is 10.5. The van der Waals surface area contributed by atoms with Crippen LogP contribution in [0.2, 0.25) is 0 Å². The average molecular weight is 432 g/mol. The first-order chi connectivity index (χ1) is 11.7. The largest absolute Gasteiger partial charge is 0.698 e. The monoisotopic (exact) mass is 432 g/mol. The number of likely N-dealkylation sites (tertiary alicyclic amines) is 1. The Labute approximate surface area is 182 Å². The van der Waals surface area contributed by atoms with Gasteiger partial charge in [0, 0.05) is 38.8 Å². The van der Waals surface area contributed by atoms with E-state index in [4.69, 9.17) is 10.9 Å². The molecule has 2 N–H and O–H groups in total. The summed E-state index contributed by atoms with van der Waals surface area (Å²) < 4.78 is 0. The zero-order valence-corrected chi connectivity index (χ0v) is 19.0. The summed E-state index contributed by atoms with van der Waals surface area (Å²) >= 11 is 1.04. The molecule has 1 atom stereocenters. The number of likely N-dealkylation sites (N-methyl/N-ethyl adjacent to an activating group) is 1. The minimum atomic E-state index is 0. The third kappa shape index (κ3) is 5.10. The Bertz CT molecular complexity index is 571. The zero-order chi connectivity index (χ0) is 16.9. The van der Waals surface area contributed by atoms with Crippen molar-refractivity contribution in [1.29, 1.82) is 0 Å². The molecule has 1 radical (unpaired) electrons. The molecule has 1 saturated heterocycles. The summed E-state index contributed by atoms with van der Waals surface area (Å²) in [5, 5.41) is 8.77. The van der Waals surface area contributed by atoms with E-state index in [1.165, 1.54) is 67.3 Å². The van der Waals surface area contributed by atoms with E-state index in [2.05, 4.69) is 24.0 Å². The van der Waals surface area contributed by atoms with Crippen LogP contribution in [0, 0.1) is 0 Å². The van der Waals surface area contributed by atoms with Crippen LogP contribution in [0.25, 0.3) is 10.9 Å². The SMILES string of the molecule is CCN1CCCC1/C=C/S[NH-].[NH-]c1c2c(cc3c1CCC3)CCC2.[Y]. The summed E-state index contributed by atoms with van der Waals surface area (Å²) in [5.41, 5.74) is 14.7. The van der Waals surface area contributed by atoms with E-state index < -0.39 is 0 Å². The van der Waals surface area contributed by atoms with Gasteiger partial charge in [0.25, 0.3) is 0 Å². The molecule has 0 amide bonds. The Morgan fingerprint density at radius 2 is 1.76 bits per heavy atom. The molecule has 1 aromatic carbocycles. The van der Waals surface area contributed by atoms with E-state index in [1.54, 1.807) is 0 Å². The van der Waals surface area contributed by atoms with Gasteiger partial charge in [0.2, 0.25) is 0 Å². The Morgan fingerprint density at radius 3 is 2.32 bits per heavy atom. The maximum absolute atomic E-state index is 8.11. The quantitative estimate of drug-likeness (QED) is 0.548. The number of hydrogen-bond acceptors (Lipinski definition) is 2. The summed E-state index contributed by atoms with van der Waals surface area (Å²) in [6.07, 6.45) is 12.0. The van der Waals surface area contributed by atoms with Crippen LogP contribution >= 0.6 is 11.9 Å². The Kier molecular flexibility index (Phi) is 8.97. The smallest absolute Gasteiger partial charge is 0.0285 e. The molecule has 3 nitrogen and oxygen atoms in total. The predicted octanol–water partition coefficient (Wildman–Crippen LogP) is 6.03. The normalized spacial score (nSPS) is 21.6. The van der Waals surface area contributed by atoms with Crippen molar-refractivity contribution in [2.75, 3.05) is 13.1 Å². The number of nitrogens with zero attached hydrogens (tertiary/aromatic N) is 1. The van der Waals surface area contributed by atoms with Crippen molar-refractivity contribution in [3.63, 3.8) is 0 Å². The van der Waals surface area contributed by atoms with Gasteiger partial charge in [-0.3, -0.25) is 16.8 Å². The van der Waals surface area contributed by atoms with Gasteiger partial charge in [0.05, 0.1) is 0 Å². The van der Waals surface area contributed by atoms with Crippen LogP contribution in [0.3, 0.4) is 0 Å². The van der Waals surface area contributed by atoms with E-state index in [0.717, 1.165) is 37.0 Å². The van der Waals surface area contributed by atoms with Crippen molar-refractivity contribution in [2.45, 2.75) is 64.3 Å². The number of rotatable bonds is 3. The van der Waals surface area contributed by atoms with Crippen LogP contribution in [0.5, 0.6) is 0 Å². The molecule has 3 aliphatic rings. The van der Waals surface area contributed by atoms with Crippen LogP contribution in [-0.2, 0) is 58.4 Å². The third-order valence-corrected chi connectivity index (χ3v) is 5.96. The second-order valence-corrected chi connectivity index (χ2v) is 7.53. The van der Waals surface area contributed by atoms with Gasteiger partial charge in [-0.2, -0.15) is 0 Å². The Hall–Kier alpha value is 0.134. The minimum Gasteiger partial charge on any atom is -0.698 e. The van der Waals surface area contributed by atoms with Gasteiger partial charge in [-0.15, -0.1) is 5.69 Å². The van der Waals surface area contributed by atoms with E-state index in [0.29, 0.717) is 6.04 Å². The van der Waals surface area contributed by atoms with Crippen LogP contribution in [0.15, 0.2) is 17.6 Å². The van der Waals surface area contributed by atoms with Crippen LogP contribution in [0.1, 0.15) is 54.9 Å². The van der Waals surface area contributed by atoms with Gasteiger partial charge in [-0.25, -0.2) is 0 Å². The number of benzene rings is 1. The van der Waals surface area contributed by atoms with Crippen molar-refractivity contribution in [3.8, 4) is 0 Å². The van der Waals surface area contributed by atoms with E-state index in [-0.39, 0.29) is 32.7 Å². The molecule has 0 bridgehead atoms. The fraction of sp³-hybridized carbons (Fsp3) is 0.600. The topological polar surface area (TPSA) is 50.8 Å². The van der Waals surface area contributed by atoms with Gasteiger partial charge in [-0.1, -0.05) is 35.6 Å². The van der Waals surface area contributed by atoms with Crippen molar-refractivity contribution >= 4 is 17.6 Å². The van der Waals surface area contributed by atoms with E-state index in [1.807, 2.05) is 5.41 Å². The van der Waals surface area contributed by atoms with Crippen LogP contribution in [0.4, 0.5) is 5.69 Å². The number of nitrogens with one attached hydrogen (secondary N) is 2. The predicted molar refractivity (Wildman–Crippen MR) is 106 cm³/mol. The molecule has 1 fully saturated rings. The Morgan fingerprint density at radius 1 is 1.12 bits per heavy atom. The standard InChI is InChI=1S/C12H14N.C8H15N2S.Y/c13-12-10-5-1-3-8(10)7-9-4-2-6-11(9)12;1-2-10-6-3-4-8(10)5-7-11-9;/h7,13H,1-6H2;5,7-9H,2-4,6H2,1H3;/q2*-1;/b;7-5+;. The summed E-state index contributed by atoms with van der Waals surface area (Å²) in [6, 6.07) is 2.99. The summed E-state index contributed by atoms with van der Waals surface area (Å²) in [4.78, 5) is 2.45. The number of aryl methyl sites for hydroxylation is 2. The number of hydrogen-bond donors (Lipinski definition) is 0. The van der Waals surface area contributed by atoms with Gasteiger partial charge in [-0.05, 0) is 75.6 Å². The summed E-state index contributed by atoms with van der Waals surface area (Å²) in [5.74, 6) is 0. The molecule has 0 saturated carbocycles. The van der Waals surface area contributed by atoms with Gasteiger partial charge in [0.15, 0.2) is 0 Å². The molecule has 1 heterocycles. The summed E-state index contributed by atoms with van der Waals surface area (Å²) in [7, 11) is 0. The number of fused-ring (bicyclic) bond motifs is 2. The fourth-order valence-corrected chi connectivity index (χ4v) is 4.67. The molecule has 4 rings (SSSR count). The summed E-state index contributed by atoms with van der Waals surface area (Å²) in [6.45, 7) is 4.56. The van der Waals surface area contributed by atoms with Crippen molar-refractivity contribution in [1.82, 2.24) is 4.90 Å². The molecular formula is C20H29N3SY-2. The molecule has 0 spiro atoms. The Balaban J connectivity index is 0.000000176. The minimum absolute atomic E-state index is 0. The van der Waals surface area contributed by atoms with Crippen LogP contribution in [-0.4, -0.2) is 24.0 Å². The molecule has 2 aliphatic carbocycles. The molecule has 0 aromatic heterocycles. The molecule has 5 heteroatoms. The van der Waals surface area contributed by atoms with Crippen LogP contribution < -0.4 is 0 Å². The molecular weight excluding hydrogens is 403 g/mol. The first-order valence-electron chi connectivity index (χ1n) is 9.35. The van der Waals surface area contributed by atoms with Gasteiger partial charge >= 0.3 is 0 Å². The second-order valence-electron chi connectivity index (χ2n) is 7.02. The molecule has 1 unspecified atom stereocenters. The van der Waals surface area contributed by atoms with E-state index in [9.17, 15) is 0 Å². The maximum Gasteiger partial charge on any atom is 0.0285 e. The van der Waals surface area contributed by atoms with Crippen molar-refractivity contribution in [3.05, 3.63) is 50.7 Å². The average Bonchev–Trinajstić information content (AvgIpc) is 3.33. The molecule has 1 aromatic rings. The first kappa shape index (κ1) is 21.4. The molecule has 25 heavy (non-hydrogen) atoms. The maximum atomic E-state index is 8.11. The fourth-order valence-electron chi connectivity index (χ4n) is 4.41. The first-order valence-corrected chi connectivity index (χ1v) is 10.2. The van der Waals surface area contributed by atoms with Crippen molar-refractivity contribution in [2.24, 2.45) is 0 Å². The van der Waals surface area contributed by atoms with Crippen molar-refractivity contribution < 1.29 is 32.7 Å². The van der Waals surface area contributed by atoms with E-state index >= 15 is 0 Å². The van der Waals surface area contributed by atoms with Gasteiger partial charge in [0.1, 0.15) is 0 Å².